The van der Waals surface area contributed by atoms with E-state index in [2.05, 4.69) is 9.97 Å². The van der Waals surface area contributed by atoms with Crippen LogP contribution in [0.15, 0.2) is 18.2 Å². The van der Waals surface area contributed by atoms with Crippen molar-refractivity contribution in [1.29, 1.82) is 0 Å². The van der Waals surface area contributed by atoms with Crippen LogP contribution in [-0.4, -0.2) is 49.2 Å². The van der Waals surface area contributed by atoms with Gasteiger partial charge in [0.1, 0.15) is 30.0 Å². The van der Waals surface area contributed by atoms with Crippen LogP contribution in [0.2, 0.25) is 0 Å². The van der Waals surface area contributed by atoms with Crippen LogP contribution in [0.25, 0.3) is 11.0 Å². The fourth-order valence-corrected chi connectivity index (χ4v) is 1.62. The van der Waals surface area contributed by atoms with Gasteiger partial charge < -0.3 is 25.4 Å². The summed E-state index contributed by atoms with van der Waals surface area (Å²) in [5.41, 5.74) is 0.797. The molecule has 0 radical (unpaired) electrons. The molecule has 0 aliphatic carbocycles. The molecular weight excluding hydrogens is 243 g/mol. The lowest BCUT2D eigenvalue weighted by Gasteiger charge is -2.19. The average Bonchev–Trinajstić information content (AvgIpc) is 2.78. The van der Waals surface area contributed by atoms with Gasteiger partial charge in [0.2, 0.25) is 0 Å². The first-order valence-electron chi connectivity index (χ1n) is 5.33. The number of benzene rings is 1. The Kier molecular flexibility index (Phi) is 3.58. The number of aliphatic hydroxyl groups is 4. The van der Waals surface area contributed by atoms with Gasteiger partial charge in [-0.1, -0.05) is 0 Å². The highest BCUT2D eigenvalue weighted by molar-refractivity contribution is 5.75. The molecule has 0 aliphatic rings. The molecule has 6 nitrogen and oxygen atoms in total. The predicted octanol–water partition coefficient (Wildman–Crippen LogP) is -0.550. The molecule has 2 aromatic rings. The summed E-state index contributed by atoms with van der Waals surface area (Å²) in [6.07, 6.45) is -4.56. The van der Waals surface area contributed by atoms with Crippen LogP contribution in [0, 0.1) is 5.82 Å². The van der Waals surface area contributed by atoms with Gasteiger partial charge in [0.05, 0.1) is 17.6 Å². The minimum atomic E-state index is -1.58. The number of rotatable bonds is 4. The number of nitrogens with zero attached hydrogens (tertiary/aromatic N) is 1. The first-order valence-corrected chi connectivity index (χ1v) is 5.33. The van der Waals surface area contributed by atoms with E-state index >= 15 is 0 Å². The molecule has 0 saturated heterocycles. The van der Waals surface area contributed by atoms with Gasteiger partial charge in [0.25, 0.3) is 0 Å². The van der Waals surface area contributed by atoms with E-state index < -0.39 is 30.7 Å². The van der Waals surface area contributed by atoms with E-state index in [4.69, 9.17) is 5.11 Å². The molecule has 2 rings (SSSR count). The van der Waals surface area contributed by atoms with E-state index in [9.17, 15) is 19.7 Å². The van der Waals surface area contributed by atoms with E-state index in [1.54, 1.807) is 0 Å². The van der Waals surface area contributed by atoms with Crippen molar-refractivity contribution < 1.29 is 24.8 Å². The minimum Gasteiger partial charge on any atom is -0.394 e. The second-order valence-electron chi connectivity index (χ2n) is 3.97. The normalized spacial score (nSPS) is 16.7. The highest BCUT2D eigenvalue weighted by Gasteiger charge is 2.27. The Labute approximate surface area is 101 Å². The monoisotopic (exact) mass is 256 g/mol. The zero-order valence-electron chi connectivity index (χ0n) is 9.29. The first-order chi connectivity index (χ1) is 8.52. The van der Waals surface area contributed by atoms with Crippen molar-refractivity contribution in [1.82, 2.24) is 9.97 Å². The number of imidazole rings is 1. The lowest BCUT2D eigenvalue weighted by atomic mass is 10.1. The predicted molar refractivity (Wildman–Crippen MR) is 60.1 cm³/mol. The van der Waals surface area contributed by atoms with Gasteiger partial charge >= 0.3 is 0 Å². The summed E-state index contributed by atoms with van der Waals surface area (Å²) in [5.74, 6) is -0.471. The van der Waals surface area contributed by atoms with E-state index in [0.717, 1.165) is 0 Å². The molecule has 0 spiro atoms. The number of aromatic amines is 1. The Hall–Kier alpha value is -1.54. The van der Waals surface area contributed by atoms with E-state index in [0.29, 0.717) is 11.0 Å². The molecule has 1 heterocycles. The van der Waals surface area contributed by atoms with E-state index in [-0.39, 0.29) is 5.82 Å². The Morgan fingerprint density at radius 2 is 2.00 bits per heavy atom. The number of aliphatic hydroxyl groups excluding tert-OH is 4. The third-order valence-electron chi connectivity index (χ3n) is 2.65. The standard InChI is InChI=1S/C11H13FN2O4/c12-5-1-2-6-7(3-5)14-11(13-6)10(18)9(17)8(16)4-15/h1-3,8-10,15-18H,4H2,(H,13,14)/t8-,9+,10-/m1/s1. The van der Waals surface area contributed by atoms with Gasteiger partial charge in [-0.25, -0.2) is 9.37 Å². The van der Waals surface area contributed by atoms with Crippen molar-refractivity contribution in [3.63, 3.8) is 0 Å². The lowest BCUT2D eigenvalue weighted by Crippen LogP contribution is -2.35. The molecule has 3 atom stereocenters. The van der Waals surface area contributed by atoms with Gasteiger partial charge in [-0.05, 0) is 12.1 Å². The Morgan fingerprint density at radius 3 is 2.67 bits per heavy atom. The summed E-state index contributed by atoms with van der Waals surface area (Å²) in [6.45, 7) is -0.687. The third-order valence-corrected chi connectivity index (χ3v) is 2.65. The van der Waals surface area contributed by atoms with Crippen molar-refractivity contribution in [2.75, 3.05) is 6.61 Å². The molecule has 0 amide bonds. The Morgan fingerprint density at radius 1 is 1.28 bits per heavy atom. The SMILES string of the molecule is OC[C@@H](O)[C@H](O)[C@@H](O)c1nc2cc(F)ccc2[nH]1. The molecule has 0 aliphatic heterocycles. The zero-order chi connectivity index (χ0) is 13.3. The van der Waals surface area contributed by atoms with Crippen LogP contribution < -0.4 is 0 Å². The van der Waals surface area contributed by atoms with Gasteiger partial charge in [-0.15, -0.1) is 0 Å². The van der Waals surface area contributed by atoms with E-state index in [1.807, 2.05) is 0 Å². The molecule has 18 heavy (non-hydrogen) atoms. The Bertz CT molecular complexity index is 545. The summed E-state index contributed by atoms with van der Waals surface area (Å²) in [5, 5.41) is 37.2. The van der Waals surface area contributed by atoms with Crippen molar-refractivity contribution in [3.05, 3.63) is 29.8 Å². The summed E-state index contributed by atoms with van der Waals surface area (Å²) in [4.78, 5) is 6.61. The van der Waals surface area contributed by atoms with E-state index in [1.165, 1.54) is 18.2 Å². The van der Waals surface area contributed by atoms with Crippen molar-refractivity contribution >= 4 is 11.0 Å². The number of aromatic nitrogens is 2. The van der Waals surface area contributed by atoms with Gasteiger partial charge in [-0.3, -0.25) is 0 Å². The smallest absolute Gasteiger partial charge is 0.140 e. The third kappa shape index (κ3) is 2.34. The average molecular weight is 256 g/mol. The molecule has 98 valence electrons. The van der Waals surface area contributed by atoms with Crippen LogP contribution >= 0.6 is 0 Å². The number of halogens is 1. The minimum absolute atomic E-state index is 0.00407. The zero-order valence-corrected chi connectivity index (χ0v) is 9.29. The van der Waals surface area contributed by atoms with Crippen LogP contribution in [0.5, 0.6) is 0 Å². The maximum absolute atomic E-state index is 12.9. The van der Waals surface area contributed by atoms with Gasteiger partial charge in [-0.2, -0.15) is 0 Å². The summed E-state index contributed by atoms with van der Waals surface area (Å²) in [6, 6.07) is 3.86. The van der Waals surface area contributed by atoms with Crippen LogP contribution in [0.1, 0.15) is 11.9 Å². The number of hydrogen-bond donors (Lipinski definition) is 5. The quantitative estimate of drug-likeness (QED) is 0.504. The molecule has 5 N–H and O–H groups in total. The van der Waals surface area contributed by atoms with Crippen LogP contribution in [-0.2, 0) is 0 Å². The fourth-order valence-electron chi connectivity index (χ4n) is 1.62. The van der Waals surface area contributed by atoms with Crippen molar-refractivity contribution in [2.24, 2.45) is 0 Å². The lowest BCUT2D eigenvalue weighted by molar-refractivity contribution is -0.0800. The van der Waals surface area contributed by atoms with Gasteiger partial charge in [0.15, 0.2) is 0 Å². The number of H-pyrrole nitrogens is 1. The first kappa shape index (κ1) is 12.9. The highest BCUT2D eigenvalue weighted by Crippen LogP contribution is 2.20. The molecule has 0 unspecified atom stereocenters. The van der Waals surface area contributed by atoms with Crippen molar-refractivity contribution in [3.8, 4) is 0 Å². The fraction of sp³-hybridized carbons (Fsp3) is 0.364. The van der Waals surface area contributed by atoms with Crippen LogP contribution in [0.4, 0.5) is 4.39 Å². The second kappa shape index (κ2) is 4.99. The Balaban J connectivity index is 2.30. The summed E-state index contributed by atoms with van der Waals surface area (Å²) < 4.78 is 12.9. The molecule has 1 aromatic carbocycles. The maximum atomic E-state index is 12.9. The van der Waals surface area contributed by atoms with Crippen molar-refractivity contribution in [2.45, 2.75) is 18.3 Å². The number of hydrogen-bond acceptors (Lipinski definition) is 5. The summed E-state index contributed by atoms with van der Waals surface area (Å²) in [7, 11) is 0. The molecular formula is C11H13FN2O4. The molecule has 0 saturated carbocycles. The molecule has 0 bridgehead atoms. The maximum Gasteiger partial charge on any atom is 0.140 e. The number of fused-ring (bicyclic) bond motifs is 1. The molecule has 7 heteroatoms. The molecule has 1 aromatic heterocycles. The highest BCUT2D eigenvalue weighted by atomic mass is 19.1. The topological polar surface area (TPSA) is 110 Å². The molecule has 0 fully saturated rings. The van der Waals surface area contributed by atoms with Crippen LogP contribution in [0.3, 0.4) is 0 Å². The number of nitrogens with one attached hydrogen (secondary N) is 1. The second-order valence-corrected chi connectivity index (χ2v) is 3.97. The van der Waals surface area contributed by atoms with Gasteiger partial charge in [0, 0.05) is 6.07 Å². The summed E-state index contributed by atoms with van der Waals surface area (Å²) >= 11 is 0. The largest absolute Gasteiger partial charge is 0.394 e.